The molecule has 0 aliphatic heterocycles. The van der Waals surface area contributed by atoms with Crippen molar-refractivity contribution < 1.29 is 4.79 Å². The molecule has 0 unspecified atom stereocenters. The van der Waals surface area contributed by atoms with E-state index in [9.17, 15) is 4.79 Å². The second kappa shape index (κ2) is 3.58. The molecule has 0 aromatic heterocycles. The summed E-state index contributed by atoms with van der Waals surface area (Å²) in [5.74, 6) is 0. The van der Waals surface area contributed by atoms with Crippen LogP contribution >= 0.6 is 35.0 Å². The highest BCUT2D eigenvalue weighted by Gasteiger charge is 2.07. The molecule has 0 amide bonds. The Balaban J connectivity index is 3.35. The second-order valence-corrected chi connectivity index (χ2v) is 2.73. The molecule has 0 rings (SSSR count). The van der Waals surface area contributed by atoms with Crippen LogP contribution in [0.2, 0.25) is 0 Å². The van der Waals surface area contributed by atoms with Gasteiger partial charge in [-0.15, -0.1) is 0 Å². The van der Waals surface area contributed by atoms with Crippen LogP contribution in [0.25, 0.3) is 0 Å². The highest BCUT2D eigenvalue weighted by Crippen LogP contribution is 2.09. The maximum atomic E-state index is 10.2. The normalized spacial score (nSPS) is 9.71. The zero-order valence-corrected chi connectivity index (χ0v) is 5.98. The fraction of sp³-hybridized carbons (Fsp3) is 0.667. The Hall–Kier alpha value is 0.600. The van der Waals surface area contributed by atoms with Crippen LogP contribution in [0, 0.1) is 0 Å². The Kier molecular flexibility index (Phi) is 3.89. The maximum absolute atomic E-state index is 10.2. The van der Waals surface area contributed by atoms with Crippen LogP contribution in [0.4, 0.5) is 0 Å². The third-order valence-corrected chi connectivity index (χ3v) is 1.67. The van der Waals surface area contributed by atoms with E-state index in [1.807, 2.05) is 0 Å². The highest BCUT2D eigenvalue weighted by atomic mass is 35.5. The minimum Gasteiger partial charge on any atom is -0.284 e. The van der Waals surface area contributed by atoms with Crippen LogP contribution < -0.4 is 0 Å². The van der Waals surface area contributed by atoms with Gasteiger partial charge in [-0.25, -0.2) is 0 Å². The first-order valence-electron chi connectivity index (χ1n) is 1.54. The van der Waals surface area contributed by atoms with E-state index in [2.05, 4.69) is 0 Å². The lowest BCUT2D eigenvalue weighted by Gasteiger charge is -1.90. The van der Waals surface area contributed by atoms with E-state index in [0.717, 1.165) is 11.8 Å². The van der Waals surface area contributed by atoms with Gasteiger partial charge in [0.1, 0.15) is 0 Å². The van der Waals surface area contributed by atoms with Crippen LogP contribution in [0.15, 0.2) is 0 Å². The number of thioether (sulfide) groups is 1. The molecular formula is C3H4Cl2OS. The summed E-state index contributed by atoms with van der Waals surface area (Å²) in [7, 11) is 0. The summed E-state index contributed by atoms with van der Waals surface area (Å²) in [6, 6.07) is 0. The average molecular weight is 159 g/mol. The highest BCUT2D eigenvalue weighted by molar-refractivity contribution is 8.13. The first kappa shape index (κ1) is 7.60. The average Bonchev–Trinajstić information content (AvgIpc) is 1.65. The van der Waals surface area contributed by atoms with Crippen LogP contribution in [0.1, 0.15) is 0 Å². The van der Waals surface area contributed by atoms with Gasteiger partial charge in [-0.2, -0.15) is 0 Å². The quantitative estimate of drug-likeness (QED) is 0.541. The van der Waals surface area contributed by atoms with Crippen molar-refractivity contribution in [2.24, 2.45) is 0 Å². The van der Waals surface area contributed by atoms with Crippen molar-refractivity contribution in [2.45, 2.75) is 4.84 Å². The topological polar surface area (TPSA) is 17.1 Å². The van der Waals surface area contributed by atoms with Crippen molar-refractivity contribution >= 4 is 40.1 Å². The first-order valence-corrected chi connectivity index (χ1v) is 3.64. The van der Waals surface area contributed by atoms with Crippen molar-refractivity contribution in [3.63, 3.8) is 0 Å². The predicted molar refractivity (Wildman–Crippen MR) is 34.0 cm³/mol. The molecule has 0 atom stereocenters. The largest absolute Gasteiger partial charge is 0.284 e. The molecule has 42 valence electrons. The van der Waals surface area contributed by atoms with E-state index in [4.69, 9.17) is 23.2 Å². The summed E-state index contributed by atoms with van der Waals surface area (Å²) in [4.78, 5) is 9.34. The van der Waals surface area contributed by atoms with E-state index in [0.29, 0.717) is 0 Å². The van der Waals surface area contributed by atoms with Crippen LogP contribution in [-0.2, 0) is 4.79 Å². The van der Waals surface area contributed by atoms with Crippen molar-refractivity contribution in [1.82, 2.24) is 0 Å². The third-order valence-electron chi connectivity index (χ3n) is 0.379. The van der Waals surface area contributed by atoms with Gasteiger partial charge in [-0.05, 0) is 6.26 Å². The Morgan fingerprint density at radius 3 is 2.14 bits per heavy atom. The Morgan fingerprint density at radius 2 is 2.14 bits per heavy atom. The van der Waals surface area contributed by atoms with E-state index in [-0.39, 0.29) is 5.12 Å². The Labute approximate surface area is 56.4 Å². The van der Waals surface area contributed by atoms with Gasteiger partial charge >= 0.3 is 0 Å². The summed E-state index contributed by atoms with van der Waals surface area (Å²) in [6.07, 6.45) is 1.64. The van der Waals surface area contributed by atoms with Gasteiger partial charge in [0.25, 0.3) is 0 Å². The number of alkyl halides is 2. The SMILES string of the molecule is CSC(=O)C(Cl)Cl. The molecule has 0 N–H and O–H groups in total. The van der Waals surface area contributed by atoms with E-state index < -0.39 is 4.84 Å². The van der Waals surface area contributed by atoms with Gasteiger partial charge in [0.05, 0.1) is 0 Å². The predicted octanol–water partition coefficient (Wildman–Crippen LogP) is 1.68. The number of carbonyl (C=O) groups excluding carboxylic acids is 1. The van der Waals surface area contributed by atoms with Gasteiger partial charge in [0, 0.05) is 0 Å². The van der Waals surface area contributed by atoms with Crippen LogP contribution in [0.5, 0.6) is 0 Å². The number of hydrogen-bond donors (Lipinski definition) is 0. The van der Waals surface area contributed by atoms with E-state index >= 15 is 0 Å². The molecule has 0 heterocycles. The van der Waals surface area contributed by atoms with E-state index in [1.54, 1.807) is 6.26 Å². The number of carbonyl (C=O) groups is 1. The smallest absolute Gasteiger partial charge is 0.221 e. The molecule has 0 radical (unpaired) electrons. The molecule has 0 aromatic rings. The molecule has 4 heteroatoms. The summed E-state index contributed by atoms with van der Waals surface area (Å²) in [5.41, 5.74) is 0. The molecule has 0 aliphatic rings. The van der Waals surface area contributed by atoms with Gasteiger partial charge in [0.2, 0.25) is 5.12 Å². The monoisotopic (exact) mass is 158 g/mol. The van der Waals surface area contributed by atoms with Crippen molar-refractivity contribution in [3.8, 4) is 0 Å². The standard InChI is InChI=1S/C3H4Cl2OS/c1-7-3(6)2(4)5/h2H,1H3. The van der Waals surface area contributed by atoms with Crippen LogP contribution in [-0.4, -0.2) is 16.2 Å². The minimum absolute atomic E-state index is 0.205. The van der Waals surface area contributed by atoms with Crippen LogP contribution in [0.3, 0.4) is 0 Å². The van der Waals surface area contributed by atoms with Crippen molar-refractivity contribution in [3.05, 3.63) is 0 Å². The fourth-order valence-corrected chi connectivity index (χ4v) is 0.802. The number of halogens is 2. The Morgan fingerprint density at radius 1 is 1.71 bits per heavy atom. The van der Waals surface area contributed by atoms with Gasteiger partial charge in [-0.3, -0.25) is 4.79 Å². The van der Waals surface area contributed by atoms with E-state index in [1.165, 1.54) is 0 Å². The van der Waals surface area contributed by atoms with Gasteiger partial charge < -0.3 is 0 Å². The van der Waals surface area contributed by atoms with Gasteiger partial charge in [-0.1, -0.05) is 35.0 Å². The molecule has 1 nitrogen and oxygen atoms in total. The molecule has 0 saturated carbocycles. The molecule has 7 heavy (non-hydrogen) atoms. The zero-order chi connectivity index (χ0) is 5.86. The minimum atomic E-state index is -0.866. The maximum Gasteiger partial charge on any atom is 0.221 e. The number of rotatable bonds is 1. The Bertz CT molecular complexity index is 73.3. The lowest BCUT2D eigenvalue weighted by molar-refractivity contribution is -0.109. The summed E-state index contributed by atoms with van der Waals surface area (Å²) >= 11 is 11.3. The third kappa shape index (κ3) is 3.21. The molecule has 0 spiro atoms. The first-order chi connectivity index (χ1) is 3.18. The second-order valence-electron chi connectivity index (χ2n) is 0.824. The van der Waals surface area contributed by atoms with Gasteiger partial charge in [0.15, 0.2) is 4.84 Å². The number of hydrogen-bond acceptors (Lipinski definition) is 2. The molecule has 0 saturated heterocycles. The molecule has 0 aromatic carbocycles. The summed E-state index contributed by atoms with van der Waals surface area (Å²) < 4.78 is 0. The van der Waals surface area contributed by atoms with Crippen molar-refractivity contribution in [1.29, 1.82) is 0 Å². The lowest BCUT2D eigenvalue weighted by atomic mass is 10.9. The van der Waals surface area contributed by atoms with Crippen molar-refractivity contribution in [2.75, 3.05) is 6.26 Å². The zero-order valence-electron chi connectivity index (χ0n) is 3.65. The summed E-state index contributed by atoms with van der Waals surface area (Å²) in [6.45, 7) is 0. The molecule has 0 aliphatic carbocycles. The summed E-state index contributed by atoms with van der Waals surface area (Å²) in [5, 5.41) is -0.205. The molecule has 0 fully saturated rings. The fourth-order valence-electron chi connectivity index (χ4n) is 0.0891. The molecular weight excluding hydrogens is 155 g/mol. The molecule has 0 bridgehead atoms. The lowest BCUT2D eigenvalue weighted by Crippen LogP contribution is -1.99.